The second kappa shape index (κ2) is 9.32. The van der Waals surface area contributed by atoms with Crippen LogP contribution in [0.1, 0.15) is 76.2 Å². The van der Waals surface area contributed by atoms with Crippen molar-refractivity contribution in [2.45, 2.75) is 70.6 Å². The van der Waals surface area contributed by atoms with Crippen LogP contribution < -0.4 is 4.74 Å². The van der Waals surface area contributed by atoms with E-state index in [-0.39, 0.29) is 5.82 Å². The van der Waals surface area contributed by atoms with Gasteiger partial charge in [0.2, 0.25) is 0 Å². The van der Waals surface area contributed by atoms with E-state index in [2.05, 4.69) is 31.7 Å². The molecule has 0 N–H and O–H groups in total. The van der Waals surface area contributed by atoms with E-state index in [1.54, 1.807) is 12.1 Å². The number of rotatable bonds is 7. The Kier molecular flexibility index (Phi) is 6.57. The highest BCUT2D eigenvalue weighted by Gasteiger charge is 2.35. The minimum absolute atomic E-state index is 0.286. The van der Waals surface area contributed by atoms with Crippen molar-refractivity contribution in [1.29, 1.82) is 0 Å². The Bertz CT molecular complexity index is 842. The average molecular weight is 395 g/mol. The van der Waals surface area contributed by atoms with Crippen LogP contribution in [0.3, 0.4) is 0 Å². The molecule has 29 heavy (non-hydrogen) atoms. The second-order valence-corrected chi connectivity index (χ2v) is 9.34. The maximum Gasteiger partial charge on any atom is 0.165 e. The minimum atomic E-state index is -0.286. The molecule has 4 atom stereocenters. The van der Waals surface area contributed by atoms with E-state index in [4.69, 9.17) is 4.74 Å². The zero-order valence-corrected chi connectivity index (χ0v) is 17.8. The van der Waals surface area contributed by atoms with E-state index in [1.165, 1.54) is 63.4 Å². The topological polar surface area (TPSA) is 9.23 Å². The molecule has 1 nitrogen and oxygen atoms in total. The molecule has 2 unspecified atom stereocenters. The van der Waals surface area contributed by atoms with E-state index in [0.29, 0.717) is 18.3 Å². The zero-order chi connectivity index (χ0) is 20.2. The van der Waals surface area contributed by atoms with Gasteiger partial charge in [0.15, 0.2) is 11.6 Å². The lowest BCUT2D eigenvalue weighted by atomic mass is 9.63. The van der Waals surface area contributed by atoms with Crippen LogP contribution in [0.5, 0.6) is 5.75 Å². The summed E-state index contributed by atoms with van der Waals surface area (Å²) in [6.07, 6.45) is 14.1. The summed E-state index contributed by atoms with van der Waals surface area (Å²) in [4.78, 5) is 0. The molecule has 2 aliphatic carbocycles. The summed E-state index contributed by atoms with van der Waals surface area (Å²) in [6.45, 7) is 6.26. The van der Waals surface area contributed by atoms with Gasteiger partial charge in [-0.15, -0.1) is 0 Å². The Hall–Kier alpha value is -1.83. The van der Waals surface area contributed by atoms with Crippen molar-refractivity contribution in [2.75, 3.05) is 6.61 Å². The first-order valence-electron chi connectivity index (χ1n) is 11.6. The van der Waals surface area contributed by atoms with Crippen molar-refractivity contribution in [3.63, 3.8) is 0 Å². The monoisotopic (exact) mass is 394 g/mol. The van der Waals surface area contributed by atoms with Crippen LogP contribution in [-0.4, -0.2) is 6.61 Å². The molecule has 0 radical (unpaired) electrons. The molecule has 156 valence electrons. The van der Waals surface area contributed by atoms with Crippen molar-refractivity contribution in [1.82, 2.24) is 0 Å². The predicted molar refractivity (Wildman–Crippen MR) is 120 cm³/mol. The number of fused-ring (bicyclic) bond motifs is 2. The van der Waals surface area contributed by atoms with Gasteiger partial charge in [0, 0.05) is 0 Å². The molecule has 2 heteroatoms. The van der Waals surface area contributed by atoms with Gasteiger partial charge in [0.1, 0.15) is 6.61 Å². The number of unbranched alkanes of at least 4 members (excludes halogenated alkanes) is 1. The number of hydrogen-bond acceptors (Lipinski definition) is 1. The van der Waals surface area contributed by atoms with Crippen LogP contribution in [-0.2, 0) is 0 Å². The van der Waals surface area contributed by atoms with Gasteiger partial charge in [0.25, 0.3) is 0 Å². The first-order chi connectivity index (χ1) is 14.2. The first kappa shape index (κ1) is 20.4. The molecule has 0 bridgehead atoms. The van der Waals surface area contributed by atoms with Crippen molar-refractivity contribution in [3.05, 3.63) is 54.4 Å². The molecule has 2 aromatic carbocycles. The third-order valence-corrected chi connectivity index (χ3v) is 7.43. The van der Waals surface area contributed by atoms with Gasteiger partial charge in [-0.05, 0) is 84.2 Å². The molecule has 4 rings (SSSR count). The number of halogens is 1. The molecule has 0 amide bonds. The maximum absolute atomic E-state index is 14.4. The highest BCUT2D eigenvalue weighted by molar-refractivity contribution is 5.84. The maximum atomic E-state index is 14.4. The fraction of sp³-hybridized carbons (Fsp3) is 0.556. The van der Waals surface area contributed by atoms with Crippen molar-refractivity contribution in [3.8, 4) is 5.75 Å². The zero-order valence-electron chi connectivity index (χ0n) is 17.8. The Balaban J connectivity index is 1.45. The lowest BCUT2D eigenvalue weighted by Crippen LogP contribution is -2.30. The Morgan fingerprint density at radius 3 is 2.69 bits per heavy atom. The minimum Gasteiger partial charge on any atom is -0.486 e. The standard InChI is InChI=1S/C27H35FO/c1-3-5-6-19-7-8-21-15-22(10-9-20(21)14-19)23-11-12-24-18-27(29-13-4-2)26(28)17-25(24)16-23/h4,11-12,16-22H,2-3,5-10,13-15H2,1H3/t19?,20-,21?,22-/m1/s1. The number of hydrogen-bond donors (Lipinski definition) is 0. The largest absolute Gasteiger partial charge is 0.486 e. The van der Waals surface area contributed by atoms with Gasteiger partial charge in [-0.25, -0.2) is 4.39 Å². The number of ether oxygens (including phenoxy) is 1. The fourth-order valence-corrected chi connectivity index (χ4v) is 5.82. The Labute approximate surface area is 175 Å². The van der Waals surface area contributed by atoms with Crippen molar-refractivity contribution >= 4 is 10.8 Å². The van der Waals surface area contributed by atoms with Crippen LogP contribution >= 0.6 is 0 Å². The summed E-state index contributed by atoms with van der Waals surface area (Å²) in [7, 11) is 0. The molecule has 2 fully saturated rings. The third kappa shape index (κ3) is 4.68. The molecule has 0 saturated heterocycles. The highest BCUT2D eigenvalue weighted by Crippen LogP contribution is 2.48. The molecule has 2 aliphatic rings. The molecule has 0 aliphatic heterocycles. The van der Waals surface area contributed by atoms with Crippen LogP contribution in [0.2, 0.25) is 0 Å². The van der Waals surface area contributed by atoms with E-state index in [9.17, 15) is 4.39 Å². The molecular formula is C27H35FO. The second-order valence-electron chi connectivity index (χ2n) is 9.34. The normalized spacial score (nSPS) is 26.8. The van der Waals surface area contributed by atoms with Gasteiger partial charge in [-0.2, -0.15) is 0 Å². The van der Waals surface area contributed by atoms with Gasteiger partial charge in [-0.1, -0.05) is 63.5 Å². The lowest BCUT2D eigenvalue weighted by Gasteiger charge is -2.42. The van der Waals surface area contributed by atoms with Crippen molar-refractivity contribution in [2.24, 2.45) is 17.8 Å². The van der Waals surface area contributed by atoms with E-state index in [0.717, 1.165) is 28.5 Å². The summed E-state index contributed by atoms with van der Waals surface area (Å²) in [5.74, 6) is 3.48. The highest BCUT2D eigenvalue weighted by atomic mass is 19.1. The molecule has 0 spiro atoms. The molecule has 2 aromatic rings. The molecular weight excluding hydrogens is 359 g/mol. The summed E-state index contributed by atoms with van der Waals surface area (Å²) in [5, 5.41) is 2.02. The summed E-state index contributed by atoms with van der Waals surface area (Å²) in [6, 6.07) is 10.1. The lowest BCUT2D eigenvalue weighted by molar-refractivity contribution is 0.113. The van der Waals surface area contributed by atoms with E-state index < -0.39 is 0 Å². The van der Waals surface area contributed by atoms with Gasteiger partial charge >= 0.3 is 0 Å². The SMILES string of the molecule is C=CCOc1cc2ccc([C@@H]3CC[C@@H]4CC(CCCC)CCC4C3)cc2cc1F. The molecule has 2 saturated carbocycles. The van der Waals surface area contributed by atoms with Crippen LogP contribution in [0.25, 0.3) is 10.8 Å². The smallest absolute Gasteiger partial charge is 0.165 e. The third-order valence-electron chi connectivity index (χ3n) is 7.43. The van der Waals surface area contributed by atoms with Crippen LogP contribution in [0.4, 0.5) is 4.39 Å². The van der Waals surface area contributed by atoms with Gasteiger partial charge in [0.05, 0.1) is 0 Å². The van der Waals surface area contributed by atoms with Crippen LogP contribution in [0.15, 0.2) is 43.0 Å². The quantitative estimate of drug-likeness (QED) is 0.432. The number of benzene rings is 2. The van der Waals surface area contributed by atoms with E-state index >= 15 is 0 Å². The fourth-order valence-electron chi connectivity index (χ4n) is 5.82. The first-order valence-corrected chi connectivity index (χ1v) is 11.6. The Morgan fingerprint density at radius 2 is 1.86 bits per heavy atom. The summed E-state index contributed by atoms with van der Waals surface area (Å²) in [5.41, 5.74) is 1.39. The van der Waals surface area contributed by atoms with Crippen molar-refractivity contribution < 1.29 is 9.13 Å². The predicted octanol–water partition coefficient (Wildman–Crippen LogP) is 8.03. The van der Waals surface area contributed by atoms with E-state index in [1.807, 2.05) is 6.07 Å². The van der Waals surface area contributed by atoms with Gasteiger partial charge in [-0.3, -0.25) is 0 Å². The summed E-state index contributed by atoms with van der Waals surface area (Å²) < 4.78 is 19.8. The average Bonchev–Trinajstić information content (AvgIpc) is 2.75. The Morgan fingerprint density at radius 1 is 1.03 bits per heavy atom. The van der Waals surface area contributed by atoms with Gasteiger partial charge < -0.3 is 4.74 Å². The molecule has 0 aromatic heterocycles. The van der Waals surface area contributed by atoms with Crippen LogP contribution in [0, 0.1) is 23.6 Å². The summed E-state index contributed by atoms with van der Waals surface area (Å²) >= 11 is 0. The molecule has 0 heterocycles.